The lowest BCUT2D eigenvalue weighted by molar-refractivity contribution is -0.139. The number of aliphatic hydroxyl groups excluding tert-OH is 1. The number of rotatable bonds is 11. The van der Waals surface area contributed by atoms with Crippen molar-refractivity contribution in [2.75, 3.05) is 19.8 Å². The van der Waals surface area contributed by atoms with E-state index < -0.39 is 24.7 Å². The Hall–Kier alpha value is -0.330. The van der Waals surface area contributed by atoms with Gasteiger partial charge < -0.3 is 15.2 Å². The first kappa shape index (κ1) is 18.7. The van der Waals surface area contributed by atoms with Gasteiger partial charge in [0.25, 0.3) is 0 Å². The number of alkyl halides is 3. The molecule has 0 aliphatic heterocycles. The molecule has 19 heavy (non-hydrogen) atoms. The van der Waals surface area contributed by atoms with Gasteiger partial charge in [-0.05, 0) is 13.3 Å². The zero-order chi connectivity index (χ0) is 14.7. The SMILES string of the molecule is CCCCCCOCC(O)CNC(C)CC(F)(F)F. The van der Waals surface area contributed by atoms with Crippen LogP contribution in [-0.2, 0) is 4.74 Å². The first-order valence-electron chi connectivity index (χ1n) is 6.91. The quantitative estimate of drug-likeness (QED) is 0.574. The van der Waals surface area contributed by atoms with Crippen LogP contribution in [0.5, 0.6) is 0 Å². The lowest BCUT2D eigenvalue weighted by Crippen LogP contribution is -2.38. The van der Waals surface area contributed by atoms with Crippen LogP contribution in [0.4, 0.5) is 13.2 Å². The van der Waals surface area contributed by atoms with Crippen molar-refractivity contribution in [3.05, 3.63) is 0 Å². The molecule has 0 aromatic heterocycles. The molecule has 0 aromatic rings. The second kappa shape index (κ2) is 10.5. The van der Waals surface area contributed by atoms with Crippen LogP contribution >= 0.6 is 0 Å². The van der Waals surface area contributed by atoms with Gasteiger partial charge in [-0.25, -0.2) is 0 Å². The van der Waals surface area contributed by atoms with E-state index in [-0.39, 0.29) is 13.2 Å². The Morgan fingerprint density at radius 2 is 1.89 bits per heavy atom. The molecule has 0 saturated heterocycles. The number of unbranched alkanes of at least 4 members (excludes halogenated alkanes) is 3. The molecule has 0 amide bonds. The van der Waals surface area contributed by atoms with E-state index in [1.165, 1.54) is 13.3 Å². The molecule has 0 spiro atoms. The summed E-state index contributed by atoms with van der Waals surface area (Å²) in [6, 6.07) is -0.695. The summed E-state index contributed by atoms with van der Waals surface area (Å²) < 4.78 is 41.4. The predicted molar refractivity (Wildman–Crippen MR) is 69.1 cm³/mol. The maximum atomic E-state index is 12.1. The maximum absolute atomic E-state index is 12.1. The normalized spacial score (nSPS) is 15.5. The molecular formula is C13H26F3NO2. The summed E-state index contributed by atoms with van der Waals surface area (Å²) in [6.45, 7) is 4.45. The highest BCUT2D eigenvalue weighted by Crippen LogP contribution is 2.21. The van der Waals surface area contributed by atoms with Gasteiger partial charge in [0.05, 0.1) is 19.1 Å². The molecule has 0 heterocycles. The summed E-state index contributed by atoms with van der Waals surface area (Å²) in [5.41, 5.74) is 0. The van der Waals surface area contributed by atoms with E-state index in [9.17, 15) is 18.3 Å². The summed E-state index contributed by atoms with van der Waals surface area (Å²) >= 11 is 0. The molecule has 3 nitrogen and oxygen atoms in total. The minimum atomic E-state index is -4.17. The standard InChI is InChI=1S/C13H26F3NO2/c1-3-4-5-6-7-19-10-12(18)9-17-11(2)8-13(14,15)16/h11-12,17-18H,3-10H2,1-2H3. The number of aliphatic hydroxyl groups is 1. The van der Waals surface area contributed by atoms with Gasteiger partial charge in [-0.2, -0.15) is 13.2 Å². The second-order valence-corrected chi connectivity index (χ2v) is 4.92. The molecule has 2 atom stereocenters. The van der Waals surface area contributed by atoms with Crippen LogP contribution in [-0.4, -0.2) is 43.2 Å². The van der Waals surface area contributed by atoms with Gasteiger partial charge in [-0.15, -0.1) is 0 Å². The third-order valence-corrected chi connectivity index (χ3v) is 2.69. The predicted octanol–water partition coefficient (Wildman–Crippen LogP) is 2.87. The molecule has 6 heteroatoms. The van der Waals surface area contributed by atoms with E-state index in [2.05, 4.69) is 12.2 Å². The molecule has 0 bridgehead atoms. The fraction of sp³-hybridized carbons (Fsp3) is 1.00. The Bertz CT molecular complexity index is 213. The van der Waals surface area contributed by atoms with Crippen molar-refractivity contribution in [1.82, 2.24) is 5.32 Å². The van der Waals surface area contributed by atoms with Gasteiger partial charge in [0.15, 0.2) is 0 Å². The molecule has 0 radical (unpaired) electrons. The van der Waals surface area contributed by atoms with Crippen molar-refractivity contribution < 1.29 is 23.0 Å². The third kappa shape index (κ3) is 13.9. The molecule has 116 valence electrons. The highest BCUT2D eigenvalue weighted by Gasteiger charge is 2.29. The van der Waals surface area contributed by atoms with E-state index in [1.54, 1.807) is 0 Å². The third-order valence-electron chi connectivity index (χ3n) is 2.69. The van der Waals surface area contributed by atoms with Gasteiger partial charge >= 0.3 is 6.18 Å². The molecule has 0 fully saturated rings. The van der Waals surface area contributed by atoms with Crippen molar-refractivity contribution in [2.24, 2.45) is 0 Å². The monoisotopic (exact) mass is 285 g/mol. The lowest BCUT2D eigenvalue weighted by atomic mass is 10.2. The first-order valence-corrected chi connectivity index (χ1v) is 6.91. The lowest BCUT2D eigenvalue weighted by Gasteiger charge is -2.18. The summed E-state index contributed by atoms with van der Waals surface area (Å²) in [4.78, 5) is 0. The molecule has 0 rings (SSSR count). The number of halogens is 3. The van der Waals surface area contributed by atoms with Crippen LogP contribution in [0.3, 0.4) is 0 Å². The number of ether oxygens (including phenoxy) is 1. The van der Waals surface area contributed by atoms with Crippen LogP contribution in [0.15, 0.2) is 0 Å². The van der Waals surface area contributed by atoms with Crippen LogP contribution < -0.4 is 5.32 Å². The number of hydrogen-bond donors (Lipinski definition) is 2. The summed E-state index contributed by atoms with van der Waals surface area (Å²) in [7, 11) is 0. The Morgan fingerprint density at radius 1 is 1.21 bits per heavy atom. The average Bonchev–Trinajstić information content (AvgIpc) is 2.29. The largest absolute Gasteiger partial charge is 0.390 e. The van der Waals surface area contributed by atoms with Gasteiger partial charge in [-0.3, -0.25) is 0 Å². The molecule has 0 aromatic carbocycles. The van der Waals surface area contributed by atoms with Crippen LogP contribution in [0.25, 0.3) is 0 Å². The topological polar surface area (TPSA) is 41.5 Å². The molecule has 2 unspecified atom stereocenters. The van der Waals surface area contributed by atoms with Gasteiger partial charge in [0.1, 0.15) is 0 Å². The highest BCUT2D eigenvalue weighted by molar-refractivity contribution is 4.68. The average molecular weight is 285 g/mol. The Morgan fingerprint density at radius 3 is 2.47 bits per heavy atom. The van der Waals surface area contributed by atoms with E-state index in [0.717, 1.165) is 19.3 Å². The van der Waals surface area contributed by atoms with Gasteiger partial charge in [0, 0.05) is 19.2 Å². The van der Waals surface area contributed by atoms with Crippen LogP contribution in [0.1, 0.15) is 46.0 Å². The fourth-order valence-electron chi connectivity index (χ4n) is 1.67. The maximum Gasteiger partial charge on any atom is 0.390 e. The summed E-state index contributed by atoms with van der Waals surface area (Å²) in [6.07, 6.45) is -1.44. The zero-order valence-electron chi connectivity index (χ0n) is 11.8. The summed E-state index contributed by atoms with van der Waals surface area (Å²) in [5, 5.41) is 12.2. The number of hydrogen-bond acceptors (Lipinski definition) is 3. The van der Waals surface area contributed by atoms with Crippen LogP contribution in [0.2, 0.25) is 0 Å². The van der Waals surface area contributed by atoms with Gasteiger partial charge in [-0.1, -0.05) is 26.2 Å². The van der Waals surface area contributed by atoms with E-state index in [1.807, 2.05) is 0 Å². The van der Waals surface area contributed by atoms with Crippen molar-refractivity contribution >= 4 is 0 Å². The van der Waals surface area contributed by atoms with Crippen molar-refractivity contribution in [3.8, 4) is 0 Å². The van der Waals surface area contributed by atoms with Crippen LogP contribution in [0, 0.1) is 0 Å². The Kier molecular flexibility index (Phi) is 10.3. The summed E-state index contributed by atoms with van der Waals surface area (Å²) in [5.74, 6) is 0. The van der Waals surface area contributed by atoms with Crippen molar-refractivity contribution in [2.45, 2.75) is 64.3 Å². The van der Waals surface area contributed by atoms with E-state index in [0.29, 0.717) is 6.61 Å². The zero-order valence-corrected chi connectivity index (χ0v) is 11.8. The Balaban J connectivity index is 3.46. The van der Waals surface area contributed by atoms with Crippen molar-refractivity contribution in [1.29, 1.82) is 0 Å². The van der Waals surface area contributed by atoms with E-state index in [4.69, 9.17) is 4.74 Å². The minimum Gasteiger partial charge on any atom is -0.389 e. The second-order valence-electron chi connectivity index (χ2n) is 4.92. The molecule has 0 aliphatic carbocycles. The van der Waals surface area contributed by atoms with Crippen molar-refractivity contribution in [3.63, 3.8) is 0 Å². The minimum absolute atomic E-state index is 0.117. The number of nitrogens with one attached hydrogen (secondary N) is 1. The van der Waals surface area contributed by atoms with E-state index >= 15 is 0 Å². The molecular weight excluding hydrogens is 259 g/mol. The first-order chi connectivity index (χ1) is 8.85. The Labute approximate surface area is 113 Å². The fourth-order valence-corrected chi connectivity index (χ4v) is 1.67. The molecule has 0 saturated carbocycles. The highest BCUT2D eigenvalue weighted by atomic mass is 19.4. The molecule has 2 N–H and O–H groups in total. The smallest absolute Gasteiger partial charge is 0.389 e. The molecule has 0 aliphatic rings. The van der Waals surface area contributed by atoms with Gasteiger partial charge in [0.2, 0.25) is 0 Å².